The van der Waals surface area contributed by atoms with Gasteiger partial charge in [0.25, 0.3) is 0 Å². The third-order valence-electron chi connectivity index (χ3n) is 3.28. The van der Waals surface area contributed by atoms with Gasteiger partial charge >= 0.3 is 0 Å². The van der Waals surface area contributed by atoms with Crippen molar-refractivity contribution in [2.24, 2.45) is 12.1 Å². The van der Waals surface area contributed by atoms with Crippen LogP contribution in [0.5, 0.6) is 5.75 Å². The van der Waals surface area contributed by atoms with Crippen LogP contribution in [0.25, 0.3) is 0 Å². The molecule has 0 atom stereocenters. The average molecular weight is 317 g/mol. The van der Waals surface area contributed by atoms with Crippen LogP contribution in [0.2, 0.25) is 0 Å². The second-order valence-corrected chi connectivity index (χ2v) is 5.14. The lowest BCUT2D eigenvalue weighted by Gasteiger charge is -2.10. The lowest BCUT2D eigenvalue weighted by Crippen LogP contribution is -2.24. The average Bonchev–Trinajstić information content (AvgIpc) is 2.74. The van der Waals surface area contributed by atoms with Crippen molar-refractivity contribution in [3.05, 3.63) is 41.2 Å². The van der Waals surface area contributed by atoms with Gasteiger partial charge < -0.3 is 10.1 Å². The van der Waals surface area contributed by atoms with Gasteiger partial charge in [-0.15, -0.1) is 0 Å². The van der Waals surface area contributed by atoms with E-state index in [2.05, 4.69) is 20.9 Å². The molecule has 0 spiro atoms. The third kappa shape index (κ3) is 3.62. The summed E-state index contributed by atoms with van der Waals surface area (Å²) in [6, 6.07) is 7.54. The number of hydrogen-bond donors (Lipinski definition) is 2. The van der Waals surface area contributed by atoms with Crippen LogP contribution >= 0.6 is 12.2 Å². The van der Waals surface area contributed by atoms with Crippen LogP contribution in [0, 0.1) is 13.8 Å². The first kappa shape index (κ1) is 16.0. The Morgan fingerprint density at radius 1 is 1.36 bits per heavy atom. The van der Waals surface area contributed by atoms with Gasteiger partial charge in [-0.1, -0.05) is 12.1 Å². The summed E-state index contributed by atoms with van der Waals surface area (Å²) in [7, 11) is 3.52. The highest BCUT2D eigenvalue weighted by molar-refractivity contribution is 7.80. The van der Waals surface area contributed by atoms with E-state index in [0.29, 0.717) is 5.11 Å². The Kier molecular flexibility index (Phi) is 5.11. The highest BCUT2D eigenvalue weighted by Crippen LogP contribution is 2.22. The Morgan fingerprint density at radius 3 is 2.73 bits per heavy atom. The standard InChI is InChI=1S/C15H19N5OS/c1-10-12(11(2)20(3)19-10)9-16-18-15(22)17-13-7-5-6-8-14(13)21-4/h5-9H,1-4H3,(H2,17,18,22)/b16-9-. The number of thiocarbonyl (C=S) groups is 1. The number of nitrogens with zero attached hydrogens (tertiary/aromatic N) is 3. The summed E-state index contributed by atoms with van der Waals surface area (Å²) in [5.74, 6) is 0.717. The first-order valence-electron chi connectivity index (χ1n) is 6.76. The minimum absolute atomic E-state index is 0.389. The first-order valence-corrected chi connectivity index (χ1v) is 7.17. The SMILES string of the molecule is COc1ccccc1NC(=S)N/N=C\c1c(C)nn(C)c1C. The van der Waals surface area contributed by atoms with E-state index in [1.807, 2.05) is 49.8 Å². The number of nitrogens with one attached hydrogen (secondary N) is 2. The van der Waals surface area contributed by atoms with Gasteiger partial charge in [0.15, 0.2) is 5.11 Å². The Hall–Kier alpha value is -2.41. The Labute approximate surface area is 135 Å². The number of benzene rings is 1. The van der Waals surface area contributed by atoms with E-state index in [-0.39, 0.29) is 0 Å². The molecule has 0 aliphatic rings. The molecule has 0 bridgehead atoms. The fraction of sp³-hybridized carbons (Fsp3) is 0.267. The second kappa shape index (κ2) is 7.04. The van der Waals surface area contributed by atoms with Crippen LogP contribution < -0.4 is 15.5 Å². The van der Waals surface area contributed by atoms with Crippen LogP contribution in [0.3, 0.4) is 0 Å². The molecule has 1 aromatic carbocycles. The van der Waals surface area contributed by atoms with Gasteiger partial charge in [0.05, 0.1) is 24.7 Å². The van der Waals surface area contributed by atoms with Crippen molar-refractivity contribution < 1.29 is 4.74 Å². The number of methoxy groups -OCH3 is 1. The predicted molar refractivity (Wildman–Crippen MR) is 92.6 cm³/mol. The molecule has 2 aromatic rings. The van der Waals surface area contributed by atoms with Crippen molar-refractivity contribution in [3.8, 4) is 5.75 Å². The van der Waals surface area contributed by atoms with Crippen LogP contribution in [-0.2, 0) is 7.05 Å². The van der Waals surface area contributed by atoms with E-state index < -0.39 is 0 Å². The molecule has 22 heavy (non-hydrogen) atoms. The topological polar surface area (TPSA) is 63.5 Å². The lowest BCUT2D eigenvalue weighted by atomic mass is 10.2. The summed E-state index contributed by atoms with van der Waals surface area (Å²) in [5, 5.41) is 11.9. The molecule has 1 heterocycles. The maximum absolute atomic E-state index is 5.25. The minimum Gasteiger partial charge on any atom is -0.495 e. The molecule has 0 amide bonds. The lowest BCUT2D eigenvalue weighted by molar-refractivity contribution is 0.417. The first-order chi connectivity index (χ1) is 10.5. The molecule has 7 heteroatoms. The molecular formula is C15H19N5OS. The fourth-order valence-corrected chi connectivity index (χ4v) is 2.19. The summed E-state index contributed by atoms with van der Waals surface area (Å²) in [5.41, 5.74) is 6.53. The maximum Gasteiger partial charge on any atom is 0.191 e. The van der Waals surface area contributed by atoms with Crippen molar-refractivity contribution in [3.63, 3.8) is 0 Å². The molecule has 0 aliphatic heterocycles. The fourth-order valence-electron chi connectivity index (χ4n) is 2.03. The van der Waals surface area contributed by atoms with Gasteiger partial charge in [0.1, 0.15) is 5.75 Å². The largest absolute Gasteiger partial charge is 0.495 e. The molecule has 2 N–H and O–H groups in total. The zero-order chi connectivity index (χ0) is 16.1. The summed E-state index contributed by atoms with van der Waals surface area (Å²) in [6.45, 7) is 3.94. The number of rotatable bonds is 4. The van der Waals surface area contributed by atoms with E-state index in [4.69, 9.17) is 17.0 Å². The van der Waals surface area contributed by atoms with Gasteiger partial charge in [-0.2, -0.15) is 10.2 Å². The van der Waals surface area contributed by atoms with Gasteiger partial charge in [0, 0.05) is 18.3 Å². The highest BCUT2D eigenvalue weighted by atomic mass is 32.1. The van der Waals surface area contributed by atoms with E-state index in [1.165, 1.54) is 0 Å². The summed E-state index contributed by atoms with van der Waals surface area (Å²) < 4.78 is 7.08. The highest BCUT2D eigenvalue weighted by Gasteiger charge is 2.07. The number of para-hydroxylation sites is 2. The number of hydrazone groups is 1. The maximum atomic E-state index is 5.25. The zero-order valence-electron chi connectivity index (χ0n) is 13.0. The number of anilines is 1. The number of hydrogen-bond acceptors (Lipinski definition) is 4. The van der Waals surface area contributed by atoms with Crippen LogP contribution in [0.4, 0.5) is 5.69 Å². The Morgan fingerprint density at radius 2 is 2.09 bits per heavy atom. The van der Waals surface area contributed by atoms with Gasteiger partial charge in [-0.05, 0) is 38.2 Å². The molecule has 6 nitrogen and oxygen atoms in total. The molecule has 1 aromatic heterocycles. The quantitative estimate of drug-likeness (QED) is 0.515. The molecule has 116 valence electrons. The third-order valence-corrected chi connectivity index (χ3v) is 3.47. The number of aryl methyl sites for hydroxylation is 2. The van der Waals surface area contributed by atoms with Crippen molar-refractivity contribution in [2.45, 2.75) is 13.8 Å². The molecule has 0 fully saturated rings. The van der Waals surface area contributed by atoms with Crippen molar-refractivity contribution in [1.29, 1.82) is 0 Å². The second-order valence-electron chi connectivity index (χ2n) is 4.73. The Bertz CT molecular complexity index is 708. The van der Waals surface area contributed by atoms with Crippen molar-refractivity contribution in [1.82, 2.24) is 15.2 Å². The summed E-state index contributed by atoms with van der Waals surface area (Å²) >= 11 is 5.22. The molecule has 0 saturated carbocycles. The monoisotopic (exact) mass is 317 g/mol. The van der Waals surface area contributed by atoms with E-state index in [9.17, 15) is 0 Å². The molecule has 0 saturated heterocycles. The minimum atomic E-state index is 0.389. The number of ether oxygens (including phenoxy) is 1. The molecule has 0 unspecified atom stereocenters. The van der Waals surface area contributed by atoms with Crippen LogP contribution in [-0.4, -0.2) is 28.2 Å². The zero-order valence-corrected chi connectivity index (χ0v) is 13.9. The molecule has 2 rings (SSSR count). The summed E-state index contributed by atoms with van der Waals surface area (Å²) in [4.78, 5) is 0. The van der Waals surface area contributed by atoms with Crippen molar-refractivity contribution >= 4 is 29.2 Å². The molecule has 0 aliphatic carbocycles. The van der Waals surface area contributed by atoms with Gasteiger partial charge in [0.2, 0.25) is 0 Å². The molecule has 0 radical (unpaired) electrons. The normalized spacial score (nSPS) is 10.7. The van der Waals surface area contributed by atoms with Gasteiger partial charge in [-0.3, -0.25) is 10.1 Å². The predicted octanol–water partition coefficient (Wildman–Crippen LogP) is 2.37. The van der Waals surface area contributed by atoms with E-state index in [1.54, 1.807) is 13.3 Å². The van der Waals surface area contributed by atoms with Crippen LogP contribution in [0.15, 0.2) is 29.4 Å². The number of aromatic nitrogens is 2. The smallest absolute Gasteiger partial charge is 0.191 e. The van der Waals surface area contributed by atoms with E-state index in [0.717, 1.165) is 28.4 Å². The van der Waals surface area contributed by atoms with Gasteiger partial charge in [-0.25, -0.2) is 0 Å². The molecular weight excluding hydrogens is 298 g/mol. The Balaban J connectivity index is 1.99. The van der Waals surface area contributed by atoms with Crippen LogP contribution in [0.1, 0.15) is 17.0 Å². The van der Waals surface area contributed by atoms with E-state index >= 15 is 0 Å². The van der Waals surface area contributed by atoms with Crippen molar-refractivity contribution in [2.75, 3.05) is 12.4 Å². The summed E-state index contributed by atoms with van der Waals surface area (Å²) in [6.07, 6.45) is 1.72.